The Bertz CT molecular complexity index is 245. The van der Waals surface area contributed by atoms with Crippen molar-refractivity contribution in [2.75, 3.05) is 39.3 Å². The molecule has 0 amide bonds. The zero-order valence-corrected chi connectivity index (χ0v) is 10.5. The van der Waals surface area contributed by atoms with E-state index in [1.807, 2.05) is 11.8 Å². The first-order valence-electron chi connectivity index (χ1n) is 6.14. The van der Waals surface area contributed by atoms with Crippen LogP contribution < -0.4 is 0 Å². The van der Waals surface area contributed by atoms with E-state index in [2.05, 4.69) is 0 Å². The van der Waals surface area contributed by atoms with Gasteiger partial charge in [0, 0.05) is 32.7 Å². The van der Waals surface area contributed by atoms with Gasteiger partial charge in [-0.2, -0.15) is 8.78 Å². The Balaban J connectivity index is 2.31. The van der Waals surface area contributed by atoms with E-state index in [-0.39, 0.29) is 0 Å². The summed E-state index contributed by atoms with van der Waals surface area (Å²) in [7, 11) is 0. The lowest BCUT2D eigenvalue weighted by atomic mass is 10.2. The molecule has 1 N–H and O–H groups in total. The molecule has 108 valence electrons. The molecule has 0 aromatic rings. The highest BCUT2D eigenvalue weighted by atomic mass is 19.3. The summed E-state index contributed by atoms with van der Waals surface area (Å²) in [5.41, 5.74) is 0. The van der Waals surface area contributed by atoms with Crippen LogP contribution in [0, 0.1) is 0 Å². The lowest BCUT2D eigenvalue weighted by molar-refractivity contribution is -0.145. The summed E-state index contributed by atoms with van der Waals surface area (Å²) < 4.78 is 49.8. The molecular formula is C11H20F4N2O. The van der Waals surface area contributed by atoms with Gasteiger partial charge in [0.1, 0.15) is 0 Å². The van der Waals surface area contributed by atoms with Gasteiger partial charge in [0.25, 0.3) is 0 Å². The number of aliphatic hydroxyl groups excluding tert-OH is 1. The fraction of sp³-hybridized carbons (Fsp3) is 1.00. The molecule has 0 unspecified atom stereocenters. The molecule has 1 heterocycles. The number of β-amino-alcohol motifs (C(OH)–C–C–N with tert-alkyl or cyclic N) is 1. The number of aliphatic hydroxyl groups is 1. The summed E-state index contributed by atoms with van der Waals surface area (Å²) in [6.07, 6.45) is -3.39. The highest BCUT2D eigenvalue weighted by molar-refractivity contribution is 4.80. The highest BCUT2D eigenvalue weighted by Gasteiger charge is 2.42. The molecule has 1 fully saturated rings. The standard InChI is InChI=1S/C11H20F4N2O/c1-2-9(18)7-16-3-5-17(6-4-16)8-11(14,15)10(12)13/h9-10,18H,2-8H2,1H3/t9-/m1/s1. The van der Waals surface area contributed by atoms with Gasteiger partial charge in [-0.25, -0.2) is 8.78 Å². The van der Waals surface area contributed by atoms with Crippen LogP contribution in [0.15, 0.2) is 0 Å². The second-order valence-corrected chi connectivity index (χ2v) is 4.70. The molecule has 1 atom stereocenters. The fourth-order valence-electron chi connectivity index (χ4n) is 1.92. The van der Waals surface area contributed by atoms with E-state index in [9.17, 15) is 22.7 Å². The molecule has 3 nitrogen and oxygen atoms in total. The highest BCUT2D eigenvalue weighted by Crippen LogP contribution is 2.24. The van der Waals surface area contributed by atoms with Crippen LogP contribution in [0.25, 0.3) is 0 Å². The molecule has 0 aromatic heterocycles. The lowest BCUT2D eigenvalue weighted by Crippen LogP contribution is -2.52. The number of alkyl halides is 4. The number of nitrogens with zero attached hydrogens (tertiary/aromatic N) is 2. The first-order valence-corrected chi connectivity index (χ1v) is 6.14. The van der Waals surface area contributed by atoms with Crippen molar-refractivity contribution in [3.8, 4) is 0 Å². The number of hydrogen-bond acceptors (Lipinski definition) is 3. The number of piperazine rings is 1. The van der Waals surface area contributed by atoms with E-state index in [1.54, 1.807) is 0 Å². The lowest BCUT2D eigenvalue weighted by Gasteiger charge is -2.36. The average molecular weight is 272 g/mol. The van der Waals surface area contributed by atoms with Crippen molar-refractivity contribution in [2.24, 2.45) is 0 Å². The van der Waals surface area contributed by atoms with Crippen LogP contribution in [-0.4, -0.2) is 72.6 Å². The molecule has 1 saturated heterocycles. The van der Waals surface area contributed by atoms with Gasteiger partial charge < -0.3 is 5.11 Å². The Morgan fingerprint density at radius 3 is 2.06 bits per heavy atom. The summed E-state index contributed by atoms with van der Waals surface area (Å²) in [5, 5.41) is 9.46. The quantitative estimate of drug-likeness (QED) is 0.738. The molecule has 0 bridgehead atoms. The second-order valence-electron chi connectivity index (χ2n) is 4.70. The van der Waals surface area contributed by atoms with Gasteiger partial charge in [0.15, 0.2) is 0 Å². The van der Waals surface area contributed by atoms with Crippen molar-refractivity contribution in [1.29, 1.82) is 0 Å². The van der Waals surface area contributed by atoms with Gasteiger partial charge in [-0.15, -0.1) is 0 Å². The summed E-state index contributed by atoms with van der Waals surface area (Å²) in [6.45, 7) is 3.19. The van der Waals surface area contributed by atoms with Crippen LogP contribution in [0.5, 0.6) is 0 Å². The minimum atomic E-state index is -3.94. The Labute approximate surface area is 104 Å². The van der Waals surface area contributed by atoms with Crippen molar-refractivity contribution in [1.82, 2.24) is 9.80 Å². The average Bonchev–Trinajstić information content (AvgIpc) is 2.31. The summed E-state index contributed by atoms with van der Waals surface area (Å²) in [6, 6.07) is 0. The van der Waals surface area contributed by atoms with E-state index in [4.69, 9.17) is 0 Å². The normalized spacial score (nSPS) is 21.5. The van der Waals surface area contributed by atoms with Gasteiger partial charge in [-0.3, -0.25) is 9.80 Å². The number of hydrogen-bond donors (Lipinski definition) is 1. The predicted molar refractivity (Wildman–Crippen MR) is 60.1 cm³/mol. The summed E-state index contributed by atoms with van der Waals surface area (Å²) >= 11 is 0. The second kappa shape index (κ2) is 6.68. The number of rotatable bonds is 6. The topological polar surface area (TPSA) is 26.7 Å². The molecule has 0 aliphatic carbocycles. The van der Waals surface area contributed by atoms with Crippen LogP contribution in [0.4, 0.5) is 17.6 Å². The summed E-state index contributed by atoms with van der Waals surface area (Å²) in [4.78, 5) is 3.31. The first kappa shape index (κ1) is 15.7. The molecule has 18 heavy (non-hydrogen) atoms. The molecule has 7 heteroatoms. The Morgan fingerprint density at radius 1 is 1.11 bits per heavy atom. The third-order valence-electron chi connectivity index (χ3n) is 3.16. The fourth-order valence-corrected chi connectivity index (χ4v) is 1.92. The van der Waals surface area contributed by atoms with Crippen LogP contribution in [0.2, 0.25) is 0 Å². The maximum atomic E-state index is 12.8. The number of halogens is 4. The van der Waals surface area contributed by atoms with Crippen molar-refractivity contribution < 1.29 is 22.7 Å². The maximum absolute atomic E-state index is 12.8. The molecule has 1 rings (SSSR count). The van der Waals surface area contributed by atoms with Crippen LogP contribution in [0.1, 0.15) is 13.3 Å². The van der Waals surface area contributed by atoms with Crippen molar-refractivity contribution in [3.63, 3.8) is 0 Å². The minimum absolute atomic E-state index is 0.332. The van der Waals surface area contributed by atoms with Crippen LogP contribution in [-0.2, 0) is 0 Å². The minimum Gasteiger partial charge on any atom is -0.392 e. The molecule has 0 saturated carbocycles. The third kappa shape index (κ3) is 4.70. The largest absolute Gasteiger partial charge is 0.392 e. The van der Waals surface area contributed by atoms with Gasteiger partial charge in [-0.1, -0.05) is 6.92 Å². The molecule has 1 aliphatic heterocycles. The molecule has 0 aromatic carbocycles. The van der Waals surface area contributed by atoms with E-state index >= 15 is 0 Å². The van der Waals surface area contributed by atoms with E-state index in [1.165, 1.54) is 4.90 Å². The maximum Gasteiger partial charge on any atom is 0.319 e. The van der Waals surface area contributed by atoms with Crippen molar-refractivity contribution in [2.45, 2.75) is 31.8 Å². The molecule has 1 aliphatic rings. The first-order chi connectivity index (χ1) is 8.35. The van der Waals surface area contributed by atoms with Crippen molar-refractivity contribution >= 4 is 0 Å². The van der Waals surface area contributed by atoms with Gasteiger partial charge in [0.05, 0.1) is 12.6 Å². The van der Waals surface area contributed by atoms with Crippen molar-refractivity contribution in [3.05, 3.63) is 0 Å². The Morgan fingerprint density at radius 2 is 1.61 bits per heavy atom. The van der Waals surface area contributed by atoms with Crippen LogP contribution >= 0.6 is 0 Å². The zero-order chi connectivity index (χ0) is 13.8. The molecule has 0 spiro atoms. The van der Waals surface area contributed by atoms with Gasteiger partial charge in [-0.05, 0) is 6.42 Å². The SMILES string of the molecule is CC[C@@H](O)CN1CCN(CC(F)(F)C(F)F)CC1. The Kier molecular flexibility index (Phi) is 5.81. The zero-order valence-electron chi connectivity index (χ0n) is 10.5. The third-order valence-corrected chi connectivity index (χ3v) is 3.16. The predicted octanol–water partition coefficient (Wildman–Crippen LogP) is 1.28. The monoisotopic (exact) mass is 272 g/mol. The van der Waals surface area contributed by atoms with E-state index < -0.39 is 25.0 Å². The van der Waals surface area contributed by atoms with Gasteiger partial charge >= 0.3 is 12.3 Å². The Hall–Kier alpha value is -0.400. The van der Waals surface area contributed by atoms with Crippen LogP contribution in [0.3, 0.4) is 0 Å². The molecule has 0 radical (unpaired) electrons. The molecular weight excluding hydrogens is 252 g/mol. The van der Waals surface area contributed by atoms with Gasteiger partial charge in [0.2, 0.25) is 0 Å². The summed E-state index contributed by atoms with van der Waals surface area (Å²) in [5.74, 6) is -3.94. The van der Waals surface area contributed by atoms with E-state index in [0.29, 0.717) is 39.1 Å². The smallest absolute Gasteiger partial charge is 0.319 e. The van der Waals surface area contributed by atoms with E-state index in [0.717, 1.165) is 0 Å².